The van der Waals surface area contributed by atoms with Crippen molar-refractivity contribution in [2.24, 2.45) is 5.10 Å². The summed E-state index contributed by atoms with van der Waals surface area (Å²) in [6.07, 6.45) is 1.67. The predicted molar refractivity (Wildman–Crippen MR) is 99.6 cm³/mol. The lowest BCUT2D eigenvalue weighted by molar-refractivity contribution is 0.306. The molecule has 120 valence electrons. The van der Waals surface area contributed by atoms with Crippen molar-refractivity contribution in [2.75, 3.05) is 7.05 Å². The van der Waals surface area contributed by atoms with Crippen LogP contribution in [0.2, 0.25) is 10.0 Å². The number of rotatable bonds is 5. The fraction of sp³-hybridized carbons (Fsp3) is 0.125. The van der Waals surface area contributed by atoms with Crippen molar-refractivity contribution in [3.8, 4) is 5.75 Å². The Hall–Kier alpha value is -1.82. The number of hydrogen-bond acceptors (Lipinski definition) is 3. The molecule has 2 aromatic rings. The number of nitrogens with one attached hydrogen (secondary N) is 2. The number of hydrazone groups is 1. The molecule has 0 saturated carbocycles. The van der Waals surface area contributed by atoms with Crippen LogP contribution in [0.1, 0.15) is 11.1 Å². The van der Waals surface area contributed by atoms with Gasteiger partial charge in [0.25, 0.3) is 0 Å². The molecule has 2 rings (SSSR count). The second-order valence-electron chi connectivity index (χ2n) is 4.54. The summed E-state index contributed by atoms with van der Waals surface area (Å²) in [7, 11) is 1.73. The summed E-state index contributed by atoms with van der Waals surface area (Å²) in [5.41, 5.74) is 4.49. The van der Waals surface area contributed by atoms with E-state index in [1.54, 1.807) is 25.4 Å². The standard InChI is InChI=1S/C16H15Cl2N3OS/c1-19-16(23)21-20-9-11-2-6-14(7-3-11)22-10-12-4-5-13(17)8-15(12)18/h2-9H,10H2,1H3,(H2,19,21,23)/b20-9+. The van der Waals surface area contributed by atoms with E-state index in [1.807, 2.05) is 30.3 Å². The Kier molecular flexibility index (Phi) is 6.65. The minimum absolute atomic E-state index is 0.376. The average Bonchev–Trinajstić information content (AvgIpc) is 2.55. The average molecular weight is 368 g/mol. The van der Waals surface area contributed by atoms with E-state index in [0.717, 1.165) is 16.9 Å². The molecular weight excluding hydrogens is 353 g/mol. The molecule has 0 bridgehead atoms. The van der Waals surface area contributed by atoms with Gasteiger partial charge in [-0.25, -0.2) is 0 Å². The summed E-state index contributed by atoms with van der Waals surface area (Å²) in [6.45, 7) is 0.376. The molecule has 0 aliphatic rings. The first-order valence-corrected chi connectivity index (χ1v) is 7.92. The summed E-state index contributed by atoms with van der Waals surface area (Å²) in [4.78, 5) is 0. The third-order valence-corrected chi connectivity index (χ3v) is 3.78. The lowest BCUT2D eigenvalue weighted by atomic mass is 10.2. The Labute approximate surface area is 150 Å². The first-order chi connectivity index (χ1) is 11.1. The number of ether oxygens (including phenoxy) is 1. The van der Waals surface area contributed by atoms with Gasteiger partial charge in [0.2, 0.25) is 0 Å². The number of thiocarbonyl (C=S) groups is 1. The van der Waals surface area contributed by atoms with Gasteiger partial charge in [-0.1, -0.05) is 29.3 Å². The van der Waals surface area contributed by atoms with Crippen LogP contribution in [0.25, 0.3) is 0 Å². The van der Waals surface area contributed by atoms with E-state index < -0.39 is 0 Å². The zero-order valence-corrected chi connectivity index (χ0v) is 14.7. The minimum Gasteiger partial charge on any atom is -0.489 e. The van der Waals surface area contributed by atoms with E-state index in [1.165, 1.54) is 0 Å². The molecule has 23 heavy (non-hydrogen) atoms. The molecule has 0 aromatic heterocycles. The largest absolute Gasteiger partial charge is 0.489 e. The molecular formula is C16H15Cl2N3OS. The van der Waals surface area contributed by atoms with Gasteiger partial charge in [-0.2, -0.15) is 5.10 Å². The maximum absolute atomic E-state index is 6.11. The number of halogens is 2. The molecule has 4 nitrogen and oxygen atoms in total. The summed E-state index contributed by atoms with van der Waals surface area (Å²) < 4.78 is 5.71. The number of nitrogens with zero attached hydrogens (tertiary/aromatic N) is 1. The van der Waals surface area contributed by atoms with Crippen LogP contribution < -0.4 is 15.5 Å². The van der Waals surface area contributed by atoms with Gasteiger partial charge in [-0.05, 0) is 54.2 Å². The highest BCUT2D eigenvalue weighted by Crippen LogP contribution is 2.22. The maximum atomic E-state index is 6.11. The Balaban J connectivity index is 1.91. The van der Waals surface area contributed by atoms with Crippen LogP contribution in [-0.2, 0) is 6.61 Å². The Morgan fingerprint density at radius 2 is 1.96 bits per heavy atom. The van der Waals surface area contributed by atoms with Crippen molar-refractivity contribution in [3.05, 3.63) is 63.6 Å². The van der Waals surface area contributed by atoms with Gasteiger partial charge in [0.05, 0.1) is 6.21 Å². The summed E-state index contributed by atoms with van der Waals surface area (Å²) >= 11 is 16.9. The van der Waals surface area contributed by atoms with Crippen molar-refractivity contribution >= 4 is 46.7 Å². The molecule has 0 atom stereocenters. The Morgan fingerprint density at radius 3 is 2.61 bits per heavy atom. The topological polar surface area (TPSA) is 45.7 Å². The highest BCUT2D eigenvalue weighted by molar-refractivity contribution is 7.80. The van der Waals surface area contributed by atoms with E-state index >= 15 is 0 Å². The summed E-state index contributed by atoms with van der Waals surface area (Å²) in [5.74, 6) is 0.742. The lowest BCUT2D eigenvalue weighted by Gasteiger charge is -2.08. The van der Waals surface area contributed by atoms with Crippen LogP contribution in [0.5, 0.6) is 5.75 Å². The van der Waals surface area contributed by atoms with Crippen LogP contribution in [0.4, 0.5) is 0 Å². The Morgan fingerprint density at radius 1 is 1.22 bits per heavy atom. The third-order valence-electron chi connectivity index (χ3n) is 2.90. The van der Waals surface area contributed by atoms with E-state index in [0.29, 0.717) is 21.8 Å². The highest BCUT2D eigenvalue weighted by atomic mass is 35.5. The fourth-order valence-corrected chi connectivity index (χ4v) is 2.19. The first-order valence-electron chi connectivity index (χ1n) is 6.76. The van der Waals surface area contributed by atoms with Crippen LogP contribution in [0.15, 0.2) is 47.6 Å². The number of hydrogen-bond donors (Lipinski definition) is 2. The van der Waals surface area contributed by atoms with Gasteiger partial charge in [0, 0.05) is 22.7 Å². The van der Waals surface area contributed by atoms with Crippen molar-refractivity contribution < 1.29 is 4.74 Å². The second kappa shape index (κ2) is 8.72. The first kappa shape index (κ1) is 17.5. The van der Waals surface area contributed by atoms with Crippen LogP contribution in [-0.4, -0.2) is 18.4 Å². The van der Waals surface area contributed by atoms with Gasteiger partial charge in [0.1, 0.15) is 12.4 Å². The minimum atomic E-state index is 0.376. The zero-order chi connectivity index (χ0) is 16.7. The van der Waals surface area contributed by atoms with E-state index in [2.05, 4.69) is 15.8 Å². The van der Waals surface area contributed by atoms with Crippen molar-refractivity contribution in [1.82, 2.24) is 10.7 Å². The summed E-state index contributed by atoms with van der Waals surface area (Å²) in [6, 6.07) is 12.8. The van der Waals surface area contributed by atoms with Gasteiger partial charge in [-0.15, -0.1) is 0 Å². The molecule has 0 fully saturated rings. The summed E-state index contributed by atoms with van der Waals surface area (Å²) in [5, 5.41) is 8.43. The van der Waals surface area contributed by atoms with Crippen molar-refractivity contribution in [3.63, 3.8) is 0 Å². The van der Waals surface area contributed by atoms with Gasteiger partial charge >= 0.3 is 0 Å². The molecule has 0 unspecified atom stereocenters. The van der Waals surface area contributed by atoms with Gasteiger partial charge < -0.3 is 10.1 Å². The molecule has 0 amide bonds. The van der Waals surface area contributed by atoms with Crippen molar-refractivity contribution in [2.45, 2.75) is 6.61 Å². The smallest absolute Gasteiger partial charge is 0.186 e. The normalized spacial score (nSPS) is 10.6. The highest BCUT2D eigenvalue weighted by Gasteiger charge is 2.02. The molecule has 0 heterocycles. The lowest BCUT2D eigenvalue weighted by Crippen LogP contribution is -2.28. The second-order valence-corrected chi connectivity index (χ2v) is 5.79. The van der Waals surface area contributed by atoms with Crippen molar-refractivity contribution in [1.29, 1.82) is 0 Å². The molecule has 2 aromatic carbocycles. The quantitative estimate of drug-likeness (QED) is 0.476. The zero-order valence-electron chi connectivity index (χ0n) is 12.3. The van der Waals surface area contributed by atoms with E-state index in [4.69, 9.17) is 40.2 Å². The molecule has 0 radical (unpaired) electrons. The van der Waals surface area contributed by atoms with Crippen LogP contribution in [0, 0.1) is 0 Å². The van der Waals surface area contributed by atoms with Gasteiger partial charge in [0.15, 0.2) is 5.11 Å². The van der Waals surface area contributed by atoms with E-state index in [-0.39, 0.29) is 0 Å². The van der Waals surface area contributed by atoms with E-state index in [9.17, 15) is 0 Å². The molecule has 0 aliphatic carbocycles. The Bertz CT molecular complexity index is 705. The fourth-order valence-electron chi connectivity index (χ4n) is 1.67. The predicted octanol–water partition coefficient (Wildman–Crippen LogP) is 4.00. The molecule has 7 heteroatoms. The van der Waals surface area contributed by atoms with Crippen LogP contribution >= 0.6 is 35.4 Å². The molecule has 0 aliphatic heterocycles. The molecule has 0 spiro atoms. The number of benzene rings is 2. The van der Waals surface area contributed by atoms with Crippen LogP contribution in [0.3, 0.4) is 0 Å². The monoisotopic (exact) mass is 367 g/mol. The third kappa shape index (κ3) is 5.71. The molecule has 2 N–H and O–H groups in total. The SMILES string of the molecule is CNC(=S)N/N=C/c1ccc(OCc2ccc(Cl)cc2Cl)cc1. The maximum Gasteiger partial charge on any atom is 0.186 e. The molecule has 0 saturated heterocycles. The van der Waals surface area contributed by atoms with Gasteiger partial charge in [-0.3, -0.25) is 5.43 Å².